The van der Waals surface area contributed by atoms with Crippen LogP contribution in [-0.2, 0) is 32.0 Å². The van der Waals surface area contributed by atoms with Gasteiger partial charge >= 0.3 is 6.09 Å². The normalized spacial score (nSPS) is 16.1. The molecule has 3 aromatic rings. The molecule has 50 heavy (non-hydrogen) atoms. The highest BCUT2D eigenvalue weighted by Crippen LogP contribution is 2.32. The molecular formula is C40H54N2O8. The van der Waals surface area contributed by atoms with Gasteiger partial charge in [-0.15, -0.1) is 0 Å². The third kappa shape index (κ3) is 12.6. The number of hydrogen-bond donors (Lipinski definition) is 1. The van der Waals surface area contributed by atoms with Crippen molar-refractivity contribution in [3.05, 3.63) is 89.0 Å². The Balaban J connectivity index is 1.31. The van der Waals surface area contributed by atoms with E-state index in [9.17, 15) is 9.59 Å². The minimum absolute atomic E-state index is 0.0552. The number of rotatable bonds is 17. The first-order valence-electron chi connectivity index (χ1n) is 17.5. The number of hydrogen-bond acceptors (Lipinski definition) is 8. The summed E-state index contributed by atoms with van der Waals surface area (Å²) in [7, 11) is 1.66. The third-order valence-corrected chi connectivity index (χ3v) is 8.33. The van der Waals surface area contributed by atoms with E-state index in [1.807, 2.05) is 76.2 Å². The Morgan fingerprint density at radius 2 is 1.68 bits per heavy atom. The van der Waals surface area contributed by atoms with Gasteiger partial charge in [0.05, 0.1) is 46.2 Å². The third-order valence-electron chi connectivity index (χ3n) is 8.33. The second-order valence-corrected chi connectivity index (χ2v) is 13.6. The van der Waals surface area contributed by atoms with Crippen molar-refractivity contribution >= 4 is 12.0 Å². The summed E-state index contributed by atoms with van der Waals surface area (Å²) in [6, 6.07) is 22.1. The Kier molecular flexibility index (Phi) is 14.8. The molecule has 3 aromatic carbocycles. The highest BCUT2D eigenvalue weighted by molar-refractivity contribution is 5.72. The molecule has 0 aliphatic carbocycles. The predicted octanol–water partition coefficient (Wildman–Crippen LogP) is 6.86. The van der Waals surface area contributed by atoms with E-state index < -0.39 is 5.60 Å². The lowest BCUT2D eigenvalue weighted by molar-refractivity contribution is -0.118. The van der Waals surface area contributed by atoms with Crippen molar-refractivity contribution in [1.82, 2.24) is 10.2 Å². The van der Waals surface area contributed by atoms with E-state index in [1.165, 1.54) is 6.92 Å². The van der Waals surface area contributed by atoms with Crippen LogP contribution in [0.4, 0.5) is 4.79 Å². The van der Waals surface area contributed by atoms with Crippen LogP contribution in [0.3, 0.4) is 0 Å². The number of ether oxygens (including phenoxy) is 6. The fourth-order valence-corrected chi connectivity index (χ4v) is 5.89. The zero-order valence-electron chi connectivity index (χ0n) is 30.5. The fraction of sp³-hybridized carbons (Fsp3) is 0.500. The van der Waals surface area contributed by atoms with Gasteiger partial charge in [0.1, 0.15) is 29.5 Å². The predicted molar refractivity (Wildman–Crippen MR) is 193 cm³/mol. The first kappa shape index (κ1) is 38.5. The van der Waals surface area contributed by atoms with Crippen LogP contribution < -0.4 is 19.5 Å². The van der Waals surface area contributed by atoms with Crippen LogP contribution in [0.25, 0.3) is 0 Å². The average Bonchev–Trinajstić information content (AvgIpc) is 3.08. The zero-order valence-corrected chi connectivity index (χ0v) is 30.5. The van der Waals surface area contributed by atoms with Gasteiger partial charge in [-0.25, -0.2) is 4.79 Å². The monoisotopic (exact) mass is 690 g/mol. The molecule has 2 amide bonds. The van der Waals surface area contributed by atoms with Gasteiger partial charge in [0.2, 0.25) is 5.91 Å². The summed E-state index contributed by atoms with van der Waals surface area (Å²) in [5.74, 6) is 2.42. The van der Waals surface area contributed by atoms with Gasteiger partial charge in [-0.2, -0.15) is 0 Å². The lowest BCUT2D eigenvalue weighted by atomic mass is 9.87. The van der Waals surface area contributed by atoms with Crippen LogP contribution in [0.2, 0.25) is 0 Å². The van der Waals surface area contributed by atoms with Gasteiger partial charge < -0.3 is 38.6 Å². The van der Waals surface area contributed by atoms with Crippen LogP contribution in [-0.4, -0.2) is 81.8 Å². The molecule has 272 valence electrons. The van der Waals surface area contributed by atoms with Crippen LogP contribution in [0.15, 0.2) is 66.7 Å². The maximum Gasteiger partial charge on any atom is 0.410 e. The lowest BCUT2D eigenvalue weighted by Crippen LogP contribution is -2.48. The van der Waals surface area contributed by atoms with Crippen LogP contribution in [0.5, 0.6) is 17.2 Å². The van der Waals surface area contributed by atoms with Crippen molar-refractivity contribution in [2.75, 3.05) is 53.2 Å². The van der Waals surface area contributed by atoms with Crippen molar-refractivity contribution in [1.29, 1.82) is 0 Å². The molecule has 2 unspecified atom stereocenters. The van der Waals surface area contributed by atoms with Crippen molar-refractivity contribution in [3.8, 4) is 17.2 Å². The molecule has 10 heteroatoms. The molecule has 0 bridgehead atoms. The summed E-state index contributed by atoms with van der Waals surface area (Å²) < 4.78 is 35.5. The van der Waals surface area contributed by atoms with E-state index in [1.54, 1.807) is 12.0 Å². The number of methoxy groups -OCH3 is 1. The molecule has 0 radical (unpaired) electrons. The van der Waals surface area contributed by atoms with E-state index in [2.05, 4.69) is 23.5 Å². The summed E-state index contributed by atoms with van der Waals surface area (Å²) in [5.41, 5.74) is 3.73. The number of aryl methyl sites for hydroxylation is 1. The maximum atomic E-state index is 13.0. The summed E-state index contributed by atoms with van der Waals surface area (Å²) in [5, 5.41) is 2.85. The first-order valence-corrected chi connectivity index (χ1v) is 17.5. The molecular weight excluding hydrogens is 636 g/mol. The molecule has 1 saturated heterocycles. The van der Waals surface area contributed by atoms with Gasteiger partial charge in [0, 0.05) is 37.9 Å². The standard InChI is InChI=1S/C40H54N2O8/c1-29-12-17-37(32(26-29)18-20-41-30(2)43)48-24-25-49-38-27-42(39(44)50-40(3,4)5)21-19-35(38)31-13-15-34(16-14-31)47-23-9-22-46-28-33-10-7-8-11-36(33)45-6/h7-8,10-17,26,35,38H,9,18-25,27-28H2,1-6H3,(H,41,43). The summed E-state index contributed by atoms with van der Waals surface area (Å²) >= 11 is 0. The number of piperidine rings is 1. The Hall–Kier alpha value is -4.28. The van der Waals surface area contributed by atoms with Crippen molar-refractivity contribution in [3.63, 3.8) is 0 Å². The van der Waals surface area contributed by atoms with Gasteiger partial charge in [0.15, 0.2) is 0 Å². The smallest absolute Gasteiger partial charge is 0.410 e. The highest BCUT2D eigenvalue weighted by atomic mass is 16.6. The maximum absolute atomic E-state index is 13.0. The zero-order chi connectivity index (χ0) is 35.9. The molecule has 1 fully saturated rings. The van der Waals surface area contributed by atoms with E-state index in [0.29, 0.717) is 59.1 Å². The molecule has 1 heterocycles. The minimum Gasteiger partial charge on any atom is -0.496 e. The highest BCUT2D eigenvalue weighted by Gasteiger charge is 2.35. The number of amides is 2. The number of likely N-dealkylation sites (tertiary alicyclic amines) is 1. The summed E-state index contributed by atoms with van der Waals surface area (Å²) in [4.78, 5) is 26.1. The van der Waals surface area contributed by atoms with Gasteiger partial charge in [-0.1, -0.05) is 48.0 Å². The molecule has 0 aromatic heterocycles. The van der Waals surface area contributed by atoms with Gasteiger partial charge in [0.25, 0.3) is 0 Å². The SMILES string of the molecule is COc1ccccc1COCCCOc1ccc(C2CCN(C(=O)OC(C)(C)C)CC2OCCOc2ccc(C)cc2CCNC(C)=O)cc1. The lowest BCUT2D eigenvalue weighted by Gasteiger charge is -2.39. The van der Waals surface area contributed by atoms with Crippen LogP contribution in [0.1, 0.15) is 68.7 Å². The number of nitrogens with zero attached hydrogens (tertiary/aromatic N) is 1. The summed E-state index contributed by atoms with van der Waals surface area (Å²) in [6.45, 7) is 13.0. The molecule has 1 aliphatic rings. The second kappa shape index (κ2) is 19.2. The van der Waals surface area contributed by atoms with Crippen LogP contribution in [0, 0.1) is 6.92 Å². The topological polar surface area (TPSA) is 105 Å². The van der Waals surface area contributed by atoms with Gasteiger partial charge in [-0.3, -0.25) is 4.79 Å². The largest absolute Gasteiger partial charge is 0.496 e. The van der Waals surface area contributed by atoms with Crippen molar-refractivity contribution in [2.24, 2.45) is 0 Å². The number of carbonyl (C=O) groups is 2. The van der Waals surface area contributed by atoms with Crippen molar-refractivity contribution in [2.45, 2.75) is 78.1 Å². The molecule has 0 spiro atoms. The number of carbonyl (C=O) groups excluding carboxylic acids is 2. The summed E-state index contributed by atoms with van der Waals surface area (Å²) in [6.07, 6.45) is 1.59. The Labute approximate surface area is 297 Å². The number of para-hydroxylation sites is 1. The molecule has 4 rings (SSSR count). The van der Waals surface area contributed by atoms with E-state index in [4.69, 9.17) is 28.4 Å². The number of benzene rings is 3. The van der Waals surface area contributed by atoms with Crippen molar-refractivity contribution < 1.29 is 38.0 Å². The Morgan fingerprint density at radius 1 is 0.900 bits per heavy atom. The van der Waals surface area contributed by atoms with E-state index in [-0.39, 0.29) is 24.0 Å². The average molecular weight is 691 g/mol. The Morgan fingerprint density at radius 3 is 2.42 bits per heavy atom. The second-order valence-electron chi connectivity index (χ2n) is 13.6. The quantitative estimate of drug-likeness (QED) is 0.153. The molecule has 2 atom stereocenters. The fourth-order valence-electron chi connectivity index (χ4n) is 5.89. The van der Waals surface area contributed by atoms with Crippen LogP contribution >= 0.6 is 0 Å². The Bertz CT molecular complexity index is 1500. The number of nitrogens with one attached hydrogen (secondary N) is 1. The van der Waals surface area contributed by atoms with Gasteiger partial charge in [-0.05, 0) is 75.9 Å². The van der Waals surface area contributed by atoms with E-state index >= 15 is 0 Å². The minimum atomic E-state index is -0.582. The van der Waals surface area contributed by atoms with E-state index in [0.717, 1.165) is 52.3 Å². The molecule has 1 aliphatic heterocycles. The molecule has 0 saturated carbocycles. The molecule has 1 N–H and O–H groups in total. The first-order chi connectivity index (χ1) is 24.0. The molecule has 10 nitrogen and oxygen atoms in total.